The van der Waals surface area contributed by atoms with Crippen LogP contribution in [-0.2, 0) is 4.79 Å². The van der Waals surface area contributed by atoms with Gasteiger partial charge in [0.25, 0.3) is 0 Å². The van der Waals surface area contributed by atoms with Crippen molar-refractivity contribution in [2.75, 3.05) is 0 Å². The Morgan fingerprint density at radius 2 is 1.31 bits per heavy atom. The first-order chi connectivity index (χ1) is 7.88. The van der Waals surface area contributed by atoms with Gasteiger partial charge in [-0.3, -0.25) is 4.79 Å². The molecule has 0 bridgehead atoms. The Labute approximate surface area is 98.6 Å². The lowest BCUT2D eigenvalue weighted by Crippen LogP contribution is -2.20. The van der Waals surface area contributed by atoms with Crippen LogP contribution in [0.1, 0.15) is 51.4 Å². The van der Waals surface area contributed by atoms with Gasteiger partial charge in [0.15, 0.2) is 0 Å². The number of carbonyl (C=O) groups is 1. The molecule has 0 amide bonds. The molecule has 0 fully saturated rings. The van der Waals surface area contributed by atoms with Gasteiger partial charge in [0.2, 0.25) is 0 Å². The average Bonchev–Trinajstić information content (AvgIpc) is 2.73. The van der Waals surface area contributed by atoms with E-state index in [1.165, 1.54) is 25.7 Å². The summed E-state index contributed by atoms with van der Waals surface area (Å²) in [5.41, 5.74) is 0. The van der Waals surface area contributed by atoms with Crippen molar-refractivity contribution < 1.29 is 4.79 Å². The normalized spacial score (nSPS) is 30.8. The Kier molecular flexibility index (Phi) is 4.38. The van der Waals surface area contributed by atoms with Crippen molar-refractivity contribution in [3.05, 3.63) is 24.3 Å². The molecule has 0 spiro atoms. The molecule has 2 aliphatic rings. The lowest BCUT2D eigenvalue weighted by molar-refractivity contribution is -0.124. The Hall–Kier alpha value is -0.850. The molecule has 0 saturated carbocycles. The van der Waals surface area contributed by atoms with Crippen molar-refractivity contribution in [1.29, 1.82) is 0 Å². The van der Waals surface area contributed by atoms with E-state index in [2.05, 4.69) is 24.3 Å². The van der Waals surface area contributed by atoms with E-state index in [1.54, 1.807) is 0 Å². The van der Waals surface area contributed by atoms with Crippen LogP contribution in [0.4, 0.5) is 0 Å². The number of rotatable bonds is 2. The summed E-state index contributed by atoms with van der Waals surface area (Å²) in [5.74, 6) is 0.877. The zero-order valence-electron chi connectivity index (χ0n) is 10.0. The van der Waals surface area contributed by atoms with E-state index in [4.69, 9.17) is 0 Å². The molecule has 1 nitrogen and oxygen atoms in total. The van der Waals surface area contributed by atoms with Gasteiger partial charge in [0.05, 0.1) is 0 Å². The van der Waals surface area contributed by atoms with Crippen LogP contribution in [0, 0.1) is 11.8 Å². The first-order valence-corrected chi connectivity index (χ1v) is 6.75. The van der Waals surface area contributed by atoms with E-state index in [9.17, 15) is 4.79 Å². The molecule has 2 rings (SSSR count). The van der Waals surface area contributed by atoms with E-state index in [0.29, 0.717) is 5.78 Å². The highest BCUT2D eigenvalue weighted by molar-refractivity contribution is 5.86. The number of allylic oxidation sites excluding steroid dienone is 4. The van der Waals surface area contributed by atoms with Crippen LogP contribution in [-0.4, -0.2) is 5.78 Å². The molecule has 0 heterocycles. The predicted molar refractivity (Wildman–Crippen MR) is 67.2 cm³/mol. The van der Waals surface area contributed by atoms with E-state index in [1.807, 2.05) is 0 Å². The number of hydrogen-bond acceptors (Lipinski definition) is 1. The molecule has 2 unspecified atom stereocenters. The van der Waals surface area contributed by atoms with Gasteiger partial charge in [0, 0.05) is 11.8 Å². The fourth-order valence-electron chi connectivity index (χ4n) is 2.72. The third-order valence-electron chi connectivity index (χ3n) is 3.74. The van der Waals surface area contributed by atoms with Gasteiger partial charge in [0.1, 0.15) is 5.78 Å². The van der Waals surface area contributed by atoms with Gasteiger partial charge in [-0.25, -0.2) is 0 Å². The van der Waals surface area contributed by atoms with E-state index >= 15 is 0 Å². The first kappa shape index (κ1) is 11.6. The van der Waals surface area contributed by atoms with Crippen molar-refractivity contribution in [1.82, 2.24) is 0 Å². The van der Waals surface area contributed by atoms with Crippen LogP contribution in [0.25, 0.3) is 0 Å². The zero-order valence-corrected chi connectivity index (χ0v) is 10.0. The molecule has 0 radical (unpaired) electrons. The van der Waals surface area contributed by atoms with Gasteiger partial charge < -0.3 is 0 Å². The van der Waals surface area contributed by atoms with E-state index < -0.39 is 0 Å². The van der Waals surface area contributed by atoms with Crippen LogP contribution in [0.3, 0.4) is 0 Å². The quantitative estimate of drug-likeness (QED) is 0.639. The summed E-state index contributed by atoms with van der Waals surface area (Å²) in [6.07, 6.45) is 18.1. The lowest BCUT2D eigenvalue weighted by atomic mass is 9.87. The molecule has 0 saturated heterocycles. The Morgan fingerprint density at radius 3 is 1.81 bits per heavy atom. The number of carbonyl (C=O) groups excluding carboxylic acids is 1. The maximum Gasteiger partial charge on any atom is 0.146 e. The molecular formula is C15H22O. The van der Waals surface area contributed by atoms with Crippen molar-refractivity contribution >= 4 is 5.78 Å². The first-order valence-electron chi connectivity index (χ1n) is 6.75. The highest BCUT2D eigenvalue weighted by atomic mass is 16.1. The summed E-state index contributed by atoms with van der Waals surface area (Å²) in [4.78, 5) is 12.4. The summed E-state index contributed by atoms with van der Waals surface area (Å²) in [7, 11) is 0. The van der Waals surface area contributed by atoms with Gasteiger partial charge in [-0.2, -0.15) is 0 Å². The minimum absolute atomic E-state index is 0.204. The minimum Gasteiger partial charge on any atom is -0.298 e. The lowest BCUT2D eigenvalue weighted by Gasteiger charge is -2.16. The number of hydrogen-bond donors (Lipinski definition) is 0. The molecule has 1 heteroatoms. The minimum atomic E-state index is 0.204. The summed E-state index contributed by atoms with van der Waals surface area (Å²) in [6, 6.07) is 0. The van der Waals surface area contributed by atoms with Gasteiger partial charge >= 0.3 is 0 Å². The molecule has 0 aromatic heterocycles. The molecule has 0 N–H and O–H groups in total. The summed E-state index contributed by atoms with van der Waals surface area (Å²) in [5, 5.41) is 0. The molecular weight excluding hydrogens is 196 g/mol. The Balaban J connectivity index is 1.99. The molecule has 0 aromatic carbocycles. The number of ketones is 1. The summed E-state index contributed by atoms with van der Waals surface area (Å²) < 4.78 is 0. The summed E-state index contributed by atoms with van der Waals surface area (Å²) >= 11 is 0. The largest absolute Gasteiger partial charge is 0.298 e. The topological polar surface area (TPSA) is 17.1 Å². The average molecular weight is 218 g/mol. The SMILES string of the molecule is O=C(C1C=CCCCC1)C1C=CCCCC1. The number of Topliss-reactive ketones (excluding diaryl/α,β-unsaturated/α-hetero) is 1. The van der Waals surface area contributed by atoms with Crippen LogP contribution < -0.4 is 0 Å². The van der Waals surface area contributed by atoms with Crippen molar-refractivity contribution in [3.8, 4) is 0 Å². The second-order valence-corrected chi connectivity index (χ2v) is 5.04. The highest BCUT2D eigenvalue weighted by Gasteiger charge is 2.23. The van der Waals surface area contributed by atoms with Crippen LogP contribution in [0.15, 0.2) is 24.3 Å². The molecule has 16 heavy (non-hydrogen) atoms. The third-order valence-corrected chi connectivity index (χ3v) is 3.74. The maximum absolute atomic E-state index is 12.4. The van der Waals surface area contributed by atoms with Crippen molar-refractivity contribution in [2.24, 2.45) is 11.8 Å². The standard InChI is InChI=1S/C15H22O/c16-15(13-9-5-1-2-6-10-13)14-11-7-3-4-8-12-14/h5,7,9,11,13-14H,1-4,6,8,10,12H2. The fraction of sp³-hybridized carbons (Fsp3) is 0.667. The summed E-state index contributed by atoms with van der Waals surface area (Å²) in [6.45, 7) is 0. The van der Waals surface area contributed by atoms with E-state index in [-0.39, 0.29) is 11.8 Å². The highest BCUT2D eigenvalue weighted by Crippen LogP contribution is 2.25. The second-order valence-electron chi connectivity index (χ2n) is 5.04. The second kappa shape index (κ2) is 6.03. The van der Waals surface area contributed by atoms with Crippen molar-refractivity contribution in [3.63, 3.8) is 0 Å². The monoisotopic (exact) mass is 218 g/mol. The molecule has 0 aliphatic heterocycles. The Morgan fingerprint density at radius 1 is 0.812 bits per heavy atom. The van der Waals surface area contributed by atoms with E-state index in [0.717, 1.165) is 25.7 Å². The van der Waals surface area contributed by atoms with Crippen LogP contribution >= 0.6 is 0 Å². The molecule has 88 valence electrons. The fourth-order valence-corrected chi connectivity index (χ4v) is 2.72. The van der Waals surface area contributed by atoms with Gasteiger partial charge in [-0.15, -0.1) is 0 Å². The van der Waals surface area contributed by atoms with Crippen molar-refractivity contribution in [2.45, 2.75) is 51.4 Å². The smallest absolute Gasteiger partial charge is 0.146 e. The van der Waals surface area contributed by atoms with Gasteiger partial charge in [-0.1, -0.05) is 37.1 Å². The molecule has 2 aliphatic carbocycles. The Bertz CT molecular complexity index is 260. The predicted octanol–water partition coefficient (Wildman–Crippen LogP) is 4.05. The maximum atomic E-state index is 12.4. The molecule has 2 atom stereocenters. The zero-order chi connectivity index (χ0) is 11.2. The van der Waals surface area contributed by atoms with Crippen LogP contribution in [0.2, 0.25) is 0 Å². The van der Waals surface area contributed by atoms with Crippen LogP contribution in [0.5, 0.6) is 0 Å². The molecule has 0 aromatic rings. The third kappa shape index (κ3) is 3.07. The van der Waals surface area contributed by atoms with Gasteiger partial charge in [-0.05, 0) is 38.5 Å².